The number of aromatic nitrogens is 1. The topological polar surface area (TPSA) is 54.5 Å². The van der Waals surface area contributed by atoms with Crippen molar-refractivity contribution in [2.75, 3.05) is 11.9 Å². The number of hydrogen-bond acceptors (Lipinski definition) is 5. The summed E-state index contributed by atoms with van der Waals surface area (Å²) >= 11 is 1.58. The average Bonchev–Trinajstić information content (AvgIpc) is 3.10. The minimum Gasteiger partial charge on any atom is -0.457 e. The molecule has 5 nitrogen and oxygen atoms in total. The molecule has 0 bridgehead atoms. The van der Waals surface area contributed by atoms with Crippen molar-refractivity contribution in [2.24, 2.45) is 0 Å². The van der Waals surface area contributed by atoms with Crippen LogP contribution in [-0.4, -0.2) is 28.4 Å². The highest BCUT2D eigenvalue weighted by atomic mass is 32.1. The van der Waals surface area contributed by atoms with Gasteiger partial charge in [-0.2, -0.15) is 0 Å². The molecule has 2 heterocycles. The van der Waals surface area contributed by atoms with Crippen molar-refractivity contribution in [3.8, 4) is 11.5 Å². The van der Waals surface area contributed by atoms with Gasteiger partial charge < -0.3 is 4.74 Å². The molecule has 0 aliphatic carbocycles. The van der Waals surface area contributed by atoms with E-state index in [0.717, 1.165) is 31.0 Å². The fourth-order valence-electron chi connectivity index (χ4n) is 3.18. The number of anilines is 1. The molecule has 0 saturated carbocycles. The molecule has 0 fully saturated rings. The highest BCUT2D eigenvalue weighted by Crippen LogP contribution is 2.29. The van der Waals surface area contributed by atoms with Gasteiger partial charge in [-0.05, 0) is 50.2 Å². The van der Waals surface area contributed by atoms with Gasteiger partial charge in [-0.3, -0.25) is 15.0 Å². The molecule has 1 aromatic heterocycles. The van der Waals surface area contributed by atoms with Crippen LogP contribution in [0.25, 0.3) is 0 Å². The van der Waals surface area contributed by atoms with Gasteiger partial charge in [-0.25, -0.2) is 4.98 Å². The van der Waals surface area contributed by atoms with Crippen LogP contribution in [0.15, 0.2) is 54.6 Å². The van der Waals surface area contributed by atoms with Gasteiger partial charge in [0.05, 0.1) is 5.69 Å². The van der Waals surface area contributed by atoms with Crippen molar-refractivity contribution in [1.29, 1.82) is 0 Å². The summed E-state index contributed by atoms with van der Waals surface area (Å²) in [6.07, 6.45) is 0.936. The highest BCUT2D eigenvalue weighted by molar-refractivity contribution is 7.15. The second-order valence-corrected chi connectivity index (χ2v) is 8.18. The number of ether oxygens (including phenoxy) is 1. The van der Waals surface area contributed by atoms with E-state index in [1.807, 2.05) is 30.3 Å². The Morgan fingerprint density at radius 3 is 2.54 bits per heavy atom. The number of nitrogens with one attached hydrogen (secondary N) is 1. The van der Waals surface area contributed by atoms with Gasteiger partial charge in [0, 0.05) is 36.0 Å². The number of thiazole rings is 1. The molecule has 0 spiro atoms. The number of rotatable bonds is 5. The normalized spacial score (nSPS) is 14.0. The largest absolute Gasteiger partial charge is 0.457 e. The van der Waals surface area contributed by atoms with Crippen LogP contribution in [0.1, 0.15) is 34.8 Å². The Balaban J connectivity index is 1.40. The van der Waals surface area contributed by atoms with Gasteiger partial charge in [0.1, 0.15) is 11.5 Å². The Kier molecular flexibility index (Phi) is 5.41. The molecule has 0 atom stereocenters. The van der Waals surface area contributed by atoms with Crippen molar-refractivity contribution in [3.63, 3.8) is 0 Å². The fraction of sp³-hybridized carbons (Fsp3) is 0.273. The van der Waals surface area contributed by atoms with E-state index in [2.05, 4.69) is 29.0 Å². The molecule has 0 unspecified atom stereocenters. The van der Waals surface area contributed by atoms with Gasteiger partial charge in [-0.15, -0.1) is 11.3 Å². The lowest BCUT2D eigenvalue weighted by Crippen LogP contribution is -2.35. The zero-order chi connectivity index (χ0) is 19.5. The van der Waals surface area contributed by atoms with Crippen LogP contribution >= 0.6 is 11.3 Å². The van der Waals surface area contributed by atoms with Crippen molar-refractivity contribution in [2.45, 2.75) is 32.9 Å². The molecular weight excluding hydrogens is 370 g/mol. The summed E-state index contributed by atoms with van der Waals surface area (Å²) in [5.41, 5.74) is 1.70. The van der Waals surface area contributed by atoms with Crippen LogP contribution in [0.4, 0.5) is 5.13 Å². The summed E-state index contributed by atoms with van der Waals surface area (Å²) < 4.78 is 5.77. The molecule has 1 amide bonds. The van der Waals surface area contributed by atoms with E-state index in [4.69, 9.17) is 4.74 Å². The maximum Gasteiger partial charge on any atom is 0.257 e. The number of hydrogen-bond donors (Lipinski definition) is 1. The lowest BCUT2D eigenvalue weighted by molar-refractivity contribution is 0.102. The van der Waals surface area contributed by atoms with Gasteiger partial charge in [0.15, 0.2) is 5.13 Å². The van der Waals surface area contributed by atoms with Gasteiger partial charge >= 0.3 is 0 Å². The van der Waals surface area contributed by atoms with Crippen LogP contribution < -0.4 is 10.1 Å². The maximum atomic E-state index is 12.6. The van der Waals surface area contributed by atoms with Crippen LogP contribution in [0.5, 0.6) is 11.5 Å². The quantitative estimate of drug-likeness (QED) is 0.666. The SMILES string of the molecule is CC(C)N1CCc2nc(NC(=O)c3ccc(Oc4ccccc4)cc3)sc2C1. The fourth-order valence-corrected chi connectivity index (χ4v) is 4.21. The van der Waals surface area contributed by atoms with Crippen LogP contribution in [0, 0.1) is 0 Å². The van der Waals surface area contributed by atoms with E-state index in [1.165, 1.54) is 4.88 Å². The number of carbonyl (C=O) groups is 1. The summed E-state index contributed by atoms with van der Waals surface area (Å²) in [5.74, 6) is 1.31. The first kappa shape index (κ1) is 18.7. The average molecular weight is 394 g/mol. The third kappa shape index (κ3) is 4.24. The van der Waals surface area contributed by atoms with E-state index in [-0.39, 0.29) is 5.91 Å². The minimum atomic E-state index is -0.155. The van der Waals surface area contributed by atoms with E-state index < -0.39 is 0 Å². The molecule has 1 aliphatic heterocycles. The van der Waals surface area contributed by atoms with Crippen LogP contribution in [-0.2, 0) is 13.0 Å². The molecule has 1 N–H and O–H groups in total. The van der Waals surface area contributed by atoms with Crippen LogP contribution in [0.2, 0.25) is 0 Å². The summed E-state index contributed by atoms with van der Waals surface area (Å²) in [5, 5.41) is 3.61. The maximum absolute atomic E-state index is 12.6. The predicted molar refractivity (Wildman–Crippen MR) is 112 cm³/mol. The van der Waals surface area contributed by atoms with Crippen molar-refractivity contribution in [3.05, 3.63) is 70.7 Å². The molecule has 1 aliphatic rings. The standard InChI is InChI=1S/C22H23N3O2S/c1-15(2)25-13-12-19-20(14-25)28-22(23-19)24-21(26)16-8-10-18(11-9-16)27-17-6-4-3-5-7-17/h3-11,15H,12-14H2,1-2H3,(H,23,24,26). The lowest BCUT2D eigenvalue weighted by Gasteiger charge is -2.29. The minimum absolute atomic E-state index is 0.155. The Morgan fingerprint density at radius 1 is 1.11 bits per heavy atom. The van der Waals surface area contributed by atoms with Crippen molar-refractivity contribution >= 4 is 22.4 Å². The zero-order valence-electron chi connectivity index (χ0n) is 16.0. The second kappa shape index (κ2) is 8.12. The smallest absolute Gasteiger partial charge is 0.257 e. The van der Waals surface area contributed by atoms with E-state index in [0.29, 0.717) is 22.5 Å². The first-order valence-corrected chi connectivity index (χ1v) is 10.3. The van der Waals surface area contributed by atoms with E-state index >= 15 is 0 Å². The number of fused-ring (bicyclic) bond motifs is 1. The van der Waals surface area contributed by atoms with Gasteiger partial charge in [-0.1, -0.05) is 18.2 Å². The summed E-state index contributed by atoms with van der Waals surface area (Å²) in [6, 6.07) is 17.2. The molecule has 4 rings (SSSR count). The second-order valence-electron chi connectivity index (χ2n) is 7.10. The summed E-state index contributed by atoms with van der Waals surface area (Å²) in [4.78, 5) is 20.9. The zero-order valence-corrected chi connectivity index (χ0v) is 16.8. The lowest BCUT2D eigenvalue weighted by atomic mass is 10.1. The van der Waals surface area contributed by atoms with Crippen molar-refractivity contribution in [1.82, 2.24) is 9.88 Å². The molecule has 0 radical (unpaired) electrons. The number of benzene rings is 2. The van der Waals surface area contributed by atoms with Crippen LogP contribution in [0.3, 0.4) is 0 Å². The molecule has 0 saturated heterocycles. The number of para-hydroxylation sites is 1. The third-order valence-electron chi connectivity index (χ3n) is 4.81. The molecule has 144 valence electrons. The molecule has 2 aromatic carbocycles. The van der Waals surface area contributed by atoms with Gasteiger partial charge in [0.25, 0.3) is 5.91 Å². The molecule has 6 heteroatoms. The van der Waals surface area contributed by atoms with Crippen molar-refractivity contribution < 1.29 is 9.53 Å². The number of carbonyl (C=O) groups excluding carboxylic acids is 1. The summed E-state index contributed by atoms with van der Waals surface area (Å²) in [7, 11) is 0. The Labute approximate surface area is 169 Å². The van der Waals surface area contributed by atoms with E-state index in [1.54, 1.807) is 35.6 Å². The predicted octanol–water partition coefficient (Wildman–Crippen LogP) is 4.95. The Morgan fingerprint density at radius 2 is 1.82 bits per heavy atom. The first-order valence-electron chi connectivity index (χ1n) is 9.45. The number of amides is 1. The third-order valence-corrected chi connectivity index (χ3v) is 5.80. The molecular formula is C22H23N3O2S. The molecule has 3 aromatic rings. The molecule has 28 heavy (non-hydrogen) atoms. The summed E-state index contributed by atoms with van der Waals surface area (Å²) in [6.45, 7) is 6.34. The first-order chi connectivity index (χ1) is 13.6. The highest BCUT2D eigenvalue weighted by Gasteiger charge is 2.22. The number of nitrogens with zero attached hydrogens (tertiary/aromatic N) is 2. The van der Waals surface area contributed by atoms with E-state index in [9.17, 15) is 4.79 Å². The Bertz CT molecular complexity index is 952. The van der Waals surface area contributed by atoms with Gasteiger partial charge in [0.2, 0.25) is 0 Å². The monoisotopic (exact) mass is 393 g/mol. The Hall–Kier alpha value is -2.70.